The molecule has 0 unspecified atom stereocenters. The molecular formula is C17H15N3OS. The number of carbonyl (C=O) groups excluding carboxylic acids is 1. The van der Waals surface area contributed by atoms with Crippen LogP contribution < -0.4 is 0 Å². The summed E-state index contributed by atoms with van der Waals surface area (Å²) in [6.45, 7) is 1.29. The Morgan fingerprint density at radius 1 is 1.18 bits per heavy atom. The van der Waals surface area contributed by atoms with Crippen LogP contribution in [0, 0.1) is 0 Å². The van der Waals surface area contributed by atoms with Crippen molar-refractivity contribution in [2.24, 2.45) is 0 Å². The van der Waals surface area contributed by atoms with Gasteiger partial charge in [-0.15, -0.1) is 11.3 Å². The Balaban J connectivity index is 1.74. The smallest absolute Gasteiger partial charge is 0.264 e. The van der Waals surface area contributed by atoms with E-state index in [1.54, 1.807) is 6.20 Å². The Kier molecular flexibility index (Phi) is 3.27. The average Bonchev–Trinajstić information content (AvgIpc) is 3.25. The number of benzene rings is 1. The minimum atomic E-state index is 0.0394. The van der Waals surface area contributed by atoms with Gasteiger partial charge < -0.3 is 9.47 Å². The van der Waals surface area contributed by atoms with Gasteiger partial charge in [0.1, 0.15) is 5.82 Å². The summed E-state index contributed by atoms with van der Waals surface area (Å²) in [6, 6.07) is 14.1. The maximum absolute atomic E-state index is 12.9. The van der Waals surface area contributed by atoms with Crippen LogP contribution in [0.5, 0.6) is 0 Å². The lowest BCUT2D eigenvalue weighted by molar-refractivity contribution is 0.0589. The van der Waals surface area contributed by atoms with Crippen molar-refractivity contribution in [2.75, 3.05) is 0 Å². The third-order valence-electron chi connectivity index (χ3n) is 4.04. The van der Waals surface area contributed by atoms with Crippen LogP contribution in [-0.4, -0.2) is 20.4 Å². The van der Waals surface area contributed by atoms with E-state index < -0.39 is 0 Å². The van der Waals surface area contributed by atoms with Gasteiger partial charge in [-0.05, 0) is 17.0 Å². The van der Waals surface area contributed by atoms with Crippen molar-refractivity contribution in [3.63, 3.8) is 0 Å². The van der Waals surface area contributed by atoms with Gasteiger partial charge in [0.05, 0.1) is 17.5 Å². The lowest BCUT2D eigenvalue weighted by atomic mass is 10.0. The summed E-state index contributed by atoms with van der Waals surface area (Å²) in [5.41, 5.74) is 1.16. The van der Waals surface area contributed by atoms with Gasteiger partial charge in [-0.2, -0.15) is 0 Å². The topological polar surface area (TPSA) is 38.1 Å². The van der Waals surface area contributed by atoms with E-state index in [-0.39, 0.29) is 11.9 Å². The Hall–Kier alpha value is -2.40. The third-order valence-corrected chi connectivity index (χ3v) is 4.89. The Labute approximate surface area is 132 Å². The van der Waals surface area contributed by atoms with Crippen molar-refractivity contribution >= 4 is 17.2 Å². The van der Waals surface area contributed by atoms with Gasteiger partial charge in [0, 0.05) is 18.9 Å². The predicted molar refractivity (Wildman–Crippen MR) is 85.6 cm³/mol. The molecule has 4 rings (SSSR count). The number of amides is 1. The zero-order valence-electron chi connectivity index (χ0n) is 11.9. The summed E-state index contributed by atoms with van der Waals surface area (Å²) in [5.74, 6) is 1.02. The fourth-order valence-corrected chi connectivity index (χ4v) is 3.60. The van der Waals surface area contributed by atoms with Gasteiger partial charge in [0.25, 0.3) is 5.91 Å². The van der Waals surface area contributed by atoms with E-state index in [1.165, 1.54) is 11.3 Å². The Morgan fingerprint density at radius 3 is 2.82 bits per heavy atom. The van der Waals surface area contributed by atoms with E-state index in [4.69, 9.17) is 0 Å². The summed E-state index contributed by atoms with van der Waals surface area (Å²) in [4.78, 5) is 20.0. The molecule has 0 saturated heterocycles. The third kappa shape index (κ3) is 2.23. The lowest BCUT2D eigenvalue weighted by Gasteiger charge is -2.36. The Bertz CT molecular complexity index is 779. The van der Waals surface area contributed by atoms with E-state index in [1.807, 2.05) is 46.8 Å². The molecule has 0 aliphatic carbocycles. The summed E-state index contributed by atoms with van der Waals surface area (Å²) >= 11 is 1.49. The van der Waals surface area contributed by atoms with Gasteiger partial charge in [-0.25, -0.2) is 4.98 Å². The summed E-state index contributed by atoms with van der Waals surface area (Å²) in [7, 11) is 0. The highest BCUT2D eigenvalue weighted by Crippen LogP contribution is 2.31. The molecule has 5 heteroatoms. The monoisotopic (exact) mass is 309 g/mol. The first-order chi connectivity index (χ1) is 10.8. The molecule has 0 radical (unpaired) electrons. The average molecular weight is 309 g/mol. The van der Waals surface area contributed by atoms with Crippen molar-refractivity contribution in [2.45, 2.75) is 19.1 Å². The second-order valence-corrected chi connectivity index (χ2v) is 6.28. The molecule has 0 saturated carbocycles. The van der Waals surface area contributed by atoms with Gasteiger partial charge in [-0.3, -0.25) is 4.79 Å². The lowest BCUT2D eigenvalue weighted by Crippen LogP contribution is -2.40. The van der Waals surface area contributed by atoms with Crippen LogP contribution in [0.4, 0.5) is 0 Å². The van der Waals surface area contributed by atoms with Crippen molar-refractivity contribution in [1.29, 1.82) is 0 Å². The van der Waals surface area contributed by atoms with Gasteiger partial charge in [0.2, 0.25) is 0 Å². The zero-order valence-corrected chi connectivity index (χ0v) is 12.7. The number of hydrogen-bond acceptors (Lipinski definition) is 3. The standard InChI is InChI=1S/C17H15N3OS/c21-17(15-7-4-10-22-15)20-12-16-18-8-9-19(16)11-14(20)13-5-2-1-3-6-13/h1-10,14H,11-12H2/t14-/m1/s1. The quantitative estimate of drug-likeness (QED) is 0.728. The highest BCUT2D eigenvalue weighted by atomic mass is 32.1. The first-order valence-electron chi connectivity index (χ1n) is 7.22. The molecule has 1 aromatic carbocycles. The first kappa shape index (κ1) is 13.3. The predicted octanol–water partition coefficient (Wildman–Crippen LogP) is 3.34. The number of rotatable bonds is 2. The number of aromatic nitrogens is 2. The maximum Gasteiger partial charge on any atom is 0.264 e. The number of thiophene rings is 1. The molecule has 0 fully saturated rings. The zero-order chi connectivity index (χ0) is 14.9. The van der Waals surface area contributed by atoms with E-state index in [0.717, 1.165) is 22.8 Å². The molecule has 1 aliphatic heterocycles. The van der Waals surface area contributed by atoms with Crippen LogP contribution in [0.3, 0.4) is 0 Å². The largest absolute Gasteiger partial charge is 0.331 e. The Morgan fingerprint density at radius 2 is 2.05 bits per heavy atom. The maximum atomic E-state index is 12.9. The molecule has 22 heavy (non-hydrogen) atoms. The molecule has 0 spiro atoms. The number of imidazole rings is 1. The summed E-state index contributed by atoms with van der Waals surface area (Å²) in [6.07, 6.45) is 3.79. The number of hydrogen-bond donors (Lipinski definition) is 0. The minimum absolute atomic E-state index is 0.0394. The van der Waals surface area contributed by atoms with E-state index >= 15 is 0 Å². The van der Waals surface area contributed by atoms with Crippen LogP contribution in [0.1, 0.15) is 27.1 Å². The van der Waals surface area contributed by atoms with E-state index in [9.17, 15) is 4.79 Å². The minimum Gasteiger partial charge on any atom is -0.331 e. The normalized spacial score (nSPS) is 17.3. The molecule has 110 valence electrons. The molecular weight excluding hydrogens is 294 g/mol. The second kappa shape index (κ2) is 5.42. The van der Waals surface area contributed by atoms with Crippen LogP contribution in [0.2, 0.25) is 0 Å². The van der Waals surface area contributed by atoms with Gasteiger partial charge >= 0.3 is 0 Å². The van der Waals surface area contributed by atoms with Crippen molar-refractivity contribution in [3.8, 4) is 0 Å². The molecule has 3 aromatic rings. The van der Waals surface area contributed by atoms with Crippen LogP contribution in [0.25, 0.3) is 0 Å². The molecule has 0 bridgehead atoms. The SMILES string of the molecule is O=C(c1cccs1)N1Cc2nccn2C[C@@H]1c1ccccc1. The molecule has 1 amide bonds. The highest BCUT2D eigenvalue weighted by Gasteiger charge is 2.32. The van der Waals surface area contributed by atoms with Crippen molar-refractivity contribution in [3.05, 3.63) is 76.5 Å². The molecule has 1 aliphatic rings. The van der Waals surface area contributed by atoms with Crippen LogP contribution in [0.15, 0.2) is 60.2 Å². The number of fused-ring (bicyclic) bond motifs is 1. The summed E-state index contributed by atoms with van der Waals surface area (Å²) in [5, 5.41) is 1.94. The fourth-order valence-electron chi connectivity index (χ4n) is 2.92. The van der Waals surface area contributed by atoms with Crippen LogP contribution in [-0.2, 0) is 13.1 Å². The molecule has 4 nitrogen and oxygen atoms in total. The van der Waals surface area contributed by atoms with Crippen molar-refractivity contribution in [1.82, 2.24) is 14.5 Å². The first-order valence-corrected chi connectivity index (χ1v) is 8.10. The molecule has 1 atom stereocenters. The van der Waals surface area contributed by atoms with Crippen LogP contribution >= 0.6 is 11.3 Å². The molecule has 3 heterocycles. The number of nitrogens with zero attached hydrogens (tertiary/aromatic N) is 3. The van der Waals surface area contributed by atoms with Gasteiger partial charge in [0.15, 0.2) is 0 Å². The highest BCUT2D eigenvalue weighted by molar-refractivity contribution is 7.12. The van der Waals surface area contributed by atoms with E-state index in [2.05, 4.69) is 21.7 Å². The fraction of sp³-hybridized carbons (Fsp3) is 0.176. The molecule has 0 N–H and O–H groups in total. The van der Waals surface area contributed by atoms with Crippen molar-refractivity contribution < 1.29 is 4.79 Å². The van der Waals surface area contributed by atoms with Gasteiger partial charge in [-0.1, -0.05) is 36.4 Å². The number of carbonyl (C=O) groups is 1. The molecule has 2 aromatic heterocycles. The summed E-state index contributed by atoms with van der Waals surface area (Å²) < 4.78 is 2.13. The van der Waals surface area contributed by atoms with E-state index in [0.29, 0.717) is 6.54 Å². The second-order valence-electron chi connectivity index (χ2n) is 5.33.